The molecule has 19 heavy (non-hydrogen) atoms. The van der Waals surface area contributed by atoms with Gasteiger partial charge >= 0.3 is 5.69 Å². The number of anilines is 1. The predicted molar refractivity (Wildman–Crippen MR) is 74.6 cm³/mol. The summed E-state index contributed by atoms with van der Waals surface area (Å²) in [4.78, 5) is 15.9. The van der Waals surface area contributed by atoms with Crippen LogP contribution in [0, 0.1) is 0 Å². The molecule has 3 aromatic rings. The molecule has 94 valence electrons. The number of halogens is 1. The summed E-state index contributed by atoms with van der Waals surface area (Å²) in [5.41, 5.74) is 7.43. The van der Waals surface area contributed by atoms with Crippen molar-refractivity contribution in [2.45, 2.75) is 0 Å². The van der Waals surface area contributed by atoms with E-state index in [9.17, 15) is 4.79 Å². The zero-order valence-electron chi connectivity index (χ0n) is 9.75. The van der Waals surface area contributed by atoms with Crippen LogP contribution in [-0.4, -0.2) is 14.8 Å². The second-order valence-corrected chi connectivity index (χ2v) is 4.47. The van der Waals surface area contributed by atoms with Crippen molar-refractivity contribution in [1.82, 2.24) is 14.8 Å². The molecule has 0 radical (unpaired) electrons. The third-order valence-electron chi connectivity index (χ3n) is 2.68. The average molecular weight is 273 g/mol. The van der Waals surface area contributed by atoms with E-state index in [1.807, 2.05) is 0 Å². The Morgan fingerprint density at radius 1 is 1.05 bits per heavy atom. The first-order chi connectivity index (χ1) is 9.13. The van der Waals surface area contributed by atoms with E-state index >= 15 is 0 Å². The van der Waals surface area contributed by atoms with Gasteiger partial charge in [-0.2, -0.15) is 14.8 Å². The lowest BCUT2D eigenvalue weighted by atomic mass is 10.3. The molecule has 0 atom stereocenters. The number of aromatic nitrogens is 3. The normalized spacial score (nSPS) is 10.8. The number of rotatable bonds is 1. The van der Waals surface area contributed by atoms with Crippen LogP contribution in [0.15, 0.2) is 47.3 Å². The van der Waals surface area contributed by atoms with Crippen molar-refractivity contribution in [3.63, 3.8) is 0 Å². The van der Waals surface area contributed by atoms with E-state index in [1.165, 1.54) is 4.68 Å². The van der Waals surface area contributed by atoms with Crippen LogP contribution in [0.1, 0.15) is 0 Å². The van der Waals surface area contributed by atoms with Crippen LogP contribution >= 0.6 is 11.6 Å². The quantitative estimate of drug-likeness (QED) is 0.688. The van der Waals surface area contributed by atoms with Gasteiger partial charge in [-0.15, -0.1) is 0 Å². The molecule has 0 amide bonds. The van der Waals surface area contributed by atoms with Gasteiger partial charge in [0.1, 0.15) is 5.52 Å². The summed E-state index contributed by atoms with van der Waals surface area (Å²) in [7, 11) is 0. The molecule has 6 heteroatoms. The smallest absolute Gasteiger partial charge is 0.369 e. The third-order valence-corrected chi connectivity index (χ3v) is 2.93. The van der Waals surface area contributed by atoms with Gasteiger partial charge in [-0.25, -0.2) is 4.79 Å². The SMILES string of the molecule is Nc1ccc2nn(-c3ccc(Cl)cc3)c(=O)nc2c1. The molecule has 1 heterocycles. The summed E-state index contributed by atoms with van der Waals surface area (Å²) in [5, 5.41) is 4.85. The highest BCUT2D eigenvalue weighted by atomic mass is 35.5. The Kier molecular flexibility index (Phi) is 2.68. The Hall–Kier alpha value is -2.40. The Morgan fingerprint density at radius 3 is 2.53 bits per heavy atom. The maximum absolute atomic E-state index is 11.9. The first-order valence-electron chi connectivity index (χ1n) is 5.56. The Labute approximate surface area is 113 Å². The molecule has 0 aliphatic rings. The zero-order valence-corrected chi connectivity index (χ0v) is 10.5. The first-order valence-corrected chi connectivity index (χ1v) is 5.94. The lowest BCUT2D eigenvalue weighted by molar-refractivity contribution is 0.793. The number of benzene rings is 2. The van der Waals surface area contributed by atoms with E-state index in [2.05, 4.69) is 10.1 Å². The molecule has 0 saturated heterocycles. The number of hydrogen-bond acceptors (Lipinski definition) is 4. The van der Waals surface area contributed by atoms with E-state index < -0.39 is 5.69 Å². The summed E-state index contributed by atoms with van der Waals surface area (Å²) in [5.74, 6) is 0. The average Bonchev–Trinajstić information content (AvgIpc) is 2.39. The fourth-order valence-electron chi connectivity index (χ4n) is 1.77. The molecule has 2 aromatic carbocycles. The van der Waals surface area contributed by atoms with Crippen LogP contribution in [0.25, 0.3) is 16.7 Å². The number of hydrogen-bond donors (Lipinski definition) is 1. The summed E-state index contributed by atoms with van der Waals surface area (Å²) in [6.07, 6.45) is 0. The lowest BCUT2D eigenvalue weighted by Crippen LogP contribution is -2.23. The van der Waals surface area contributed by atoms with Crippen molar-refractivity contribution in [3.05, 3.63) is 58.0 Å². The van der Waals surface area contributed by atoms with E-state index in [4.69, 9.17) is 17.3 Å². The minimum absolute atomic E-state index is 0.458. The molecule has 0 aliphatic carbocycles. The predicted octanol–water partition coefficient (Wildman–Crippen LogP) is 2.02. The zero-order chi connectivity index (χ0) is 13.4. The van der Waals surface area contributed by atoms with Crippen molar-refractivity contribution in [1.29, 1.82) is 0 Å². The van der Waals surface area contributed by atoms with Gasteiger partial charge < -0.3 is 5.73 Å². The Balaban J connectivity index is 2.24. The van der Waals surface area contributed by atoms with Gasteiger partial charge in [0, 0.05) is 10.7 Å². The summed E-state index contributed by atoms with van der Waals surface area (Å²) in [6.45, 7) is 0. The maximum atomic E-state index is 11.9. The second kappa shape index (κ2) is 4.37. The minimum atomic E-state index is -0.458. The van der Waals surface area contributed by atoms with Crippen LogP contribution < -0.4 is 11.4 Å². The third kappa shape index (κ3) is 2.15. The van der Waals surface area contributed by atoms with Crippen LogP contribution in [0.2, 0.25) is 5.02 Å². The van der Waals surface area contributed by atoms with Gasteiger partial charge in [-0.05, 0) is 42.5 Å². The van der Waals surface area contributed by atoms with Crippen LogP contribution in [0.4, 0.5) is 5.69 Å². The minimum Gasteiger partial charge on any atom is -0.399 e. The molecule has 3 rings (SSSR count). The van der Waals surface area contributed by atoms with Crippen molar-refractivity contribution in [3.8, 4) is 5.69 Å². The highest BCUT2D eigenvalue weighted by molar-refractivity contribution is 6.30. The highest BCUT2D eigenvalue weighted by Crippen LogP contribution is 2.14. The number of fused-ring (bicyclic) bond motifs is 1. The van der Waals surface area contributed by atoms with Crippen molar-refractivity contribution < 1.29 is 0 Å². The van der Waals surface area contributed by atoms with Crippen molar-refractivity contribution in [2.24, 2.45) is 0 Å². The fraction of sp³-hybridized carbons (Fsp3) is 0. The number of nitrogens with zero attached hydrogens (tertiary/aromatic N) is 3. The standard InChI is InChI=1S/C13H9ClN4O/c14-8-1-4-10(5-2-8)18-13(19)16-12-7-9(15)3-6-11(12)17-18/h1-7H,15H2. The van der Waals surface area contributed by atoms with E-state index in [-0.39, 0.29) is 0 Å². The molecule has 1 aromatic heterocycles. The van der Waals surface area contributed by atoms with Gasteiger partial charge in [0.2, 0.25) is 0 Å². The first kappa shape index (κ1) is 11.7. The second-order valence-electron chi connectivity index (χ2n) is 4.03. The van der Waals surface area contributed by atoms with Gasteiger partial charge in [0.05, 0.1) is 11.2 Å². The molecule has 0 aliphatic heterocycles. The number of nitrogens with two attached hydrogens (primary N) is 1. The van der Waals surface area contributed by atoms with Crippen molar-refractivity contribution in [2.75, 3.05) is 5.73 Å². The molecule has 0 fully saturated rings. The lowest BCUT2D eigenvalue weighted by Gasteiger charge is -2.05. The topological polar surface area (TPSA) is 73.8 Å². The largest absolute Gasteiger partial charge is 0.399 e. The molecule has 0 bridgehead atoms. The van der Waals surface area contributed by atoms with Crippen LogP contribution in [0.5, 0.6) is 0 Å². The molecule has 0 spiro atoms. The summed E-state index contributed by atoms with van der Waals surface area (Å²) < 4.78 is 1.23. The molecule has 0 saturated carbocycles. The van der Waals surface area contributed by atoms with Gasteiger partial charge in [-0.1, -0.05) is 11.6 Å². The molecule has 0 unspecified atom stereocenters. The molecular weight excluding hydrogens is 264 g/mol. The highest BCUT2D eigenvalue weighted by Gasteiger charge is 2.05. The van der Waals surface area contributed by atoms with E-state index in [1.54, 1.807) is 42.5 Å². The number of nitrogen functional groups attached to an aromatic ring is 1. The van der Waals surface area contributed by atoms with Gasteiger partial charge in [0.25, 0.3) is 0 Å². The maximum Gasteiger partial charge on any atom is 0.369 e. The molecular formula is C13H9ClN4O. The summed E-state index contributed by atoms with van der Waals surface area (Å²) >= 11 is 5.81. The van der Waals surface area contributed by atoms with Crippen LogP contribution in [0.3, 0.4) is 0 Å². The fourth-order valence-corrected chi connectivity index (χ4v) is 1.89. The summed E-state index contributed by atoms with van der Waals surface area (Å²) in [6, 6.07) is 11.9. The Morgan fingerprint density at radius 2 is 1.79 bits per heavy atom. The van der Waals surface area contributed by atoms with Gasteiger partial charge in [0.15, 0.2) is 0 Å². The molecule has 5 nitrogen and oxygen atoms in total. The van der Waals surface area contributed by atoms with E-state index in [0.29, 0.717) is 27.4 Å². The molecule has 2 N–H and O–H groups in total. The van der Waals surface area contributed by atoms with Crippen molar-refractivity contribution >= 4 is 28.3 Å². The van der Waals surface area contributed by atoms with E-state index in [0.717, 1.165) is 0 Å². The monoisotopic (exact) mass is 272 g/mol. The Bertz CT molecular complexity index is 811. The van der Waals surface area contributed by atoms with Crippen LogP contribution in [-0.2, 0) is 0 Å². The van der Waals surface area contributed by atoms with Gasteiger partial charge in [-0.3, -0.25) is 0 Å².